The number of hydrogen-bond acceptors (Lipinski definition) is 4. The van der Waals surface area contributed by atoms with Crippen LogP contribution in [0.3, 0.4) is 0 Å². The fourth-order valence-electron chi connectivity index (χ4n) is 4.80. The van der Waals surface area contributed by atoms with Crippen molar-refractivity contribution in [1.29, 1.82) is 0 Å². The minimum Gasteiger partial charge on any atom is -0.334 e. The molecule has 3 heterocycles. The molecular formula is C25H24F3N3OS. The molecule has 33 heavy (non-hydrogen) atoms. The predicted octanol–water partition coefficient (Wildman–Crippen LogP) is 6.16. The number of amides is 1. The summed E-state index contributed by atoms with van der Waals surface area (Å²) in [6, 6.07) is 11.9. The van der Waals surface area contributed by atoms with Crippen molar-refractivity contribution in [3.8, 4) is 10.4 Å². The summed E-state index contributed by atoms with van der Waals surface area (Å²) in [4.78, 5) is 25.2. The maximum absolute atomic E-state index is 13.7. The van der Waals surface area contributed by atoms with E-state index in [1.807, 2.05) is 42.2 Å². The topological polar surface area (TPSA) is 46.1 Å². The van der Waals surface area contributed by atoms with Crippen LogP contribution in [0.15, 0.2) is 48.7 Å². The van der Waals surface area contributed by atoms with Gasteiger partial charge in [-0.15, -0.1) is 11.3 Å². The van der Waals surface area contributed by atoms with Crippen LogP contribution in [-0.2, 0) is 12.6 Å². The molecule has 1 amide bonds. The Hall–Kier alpha value is -2.74. The summed E-state index contributed by atoms with van der Waals surface area (Å²) in [5, 5.41) is 0.835. The SMILES string of the molecule is Cc1nc(C(=O)N2CC3(CC3)C[C@H]2CCc2cc(C(F)(F)F)ccn2)c(-c2ccccc2)s1. The average molecular weight is 472 g/mol. The first kappa shape index (κ1) is 22.1. The van der Waals surface area contributed by atoms with Gasteiger partial charge in [0.15, 0.2) is 0 Å². The second kappa shape index (κ2) is 8.24. The molecule has 3 aromatic rings. The highest BCUT2D eigenvalue weighted by Crippen LogP contribution is 2.55. The van der Waals surface area contributed by atoms with Crippen LogP contribution in [0.1, 0.15) is 52.4 Å². The van der Waals surface area contributed by atoms with E-state index in [0.717, 1.165) is 46.8 Å². The summed E-state index contributed by atoms with van der Waals surface area (Å²) < 4.78 is 39.2. The van der Waals surface area contributed by atoms with Gasteiger partial charge >= 0.3 is 6.18 Å². The molecule has 2 aromatic heterocycles. The van der Waals surface area contributed by atoms with Gasteiger partial charge in [0.1, 0.15) is 5.69 Å². The third-order valence-corrected chi connectivity index (χ3v) is 7.70. The van der Waals surface area contributed by atoms with E-state index in [2.05, 4.69) is 9.97 Å². The minimum atomic E-state index is -4.39. The molecule has 1 spiro atoms. The first-order valence-electron chi connectivity index (χ1n) is 11.1. The van der Waals surface area contributed by atoms with E-state index < -0.39 is 11.7 Å². The van der Waals surface area contributed by atoms with Gasteiger partial charge in [-0.05, 0) is 62.1 Å². The number of thiazole rings is 1. The average Bonchev–Trinajstić information content (AvgIpc) is 3.28. The lowest BCUT2D eigenvalue weighted by Crippen LogP contribution is -2.36. The predicted molar refractivity (Wildman–Crippen MR) is 121 cm³/mol. The Kier molecular flexibility index (Phi) is 5.51. The van der Waals surface area contributed by atoms with Crippen molar-refractivity contribution in [2.24, 2.45) is 5.41 Å². The van der Waals surface area contributed by atoms with E-state index in [4.69, 9.17) is 0 Å². The Labute approximate surface area is 194 Å². The Bertz CT molecular complexity index is 1170. The fraction of sp³-hybridized carbons (Fsp3) is 0.400. The monoisotopic (exact) mass is 471 g/mol. The molecule has 2 fully saturated rings. The van der Waals surface area contributed by atoms with E-state index in [0.29, 0.717) is 30.8 Å². The number of aromatic nitrogens is 2. The van der Waals surface area contributed by atoms with E-state index in [1.165, 1.54) is 17.5 Å². The minimum absolute atomic E-state index is 0.0260. The number of pyridine rings is 1. The molecule has 5 rings (SSSR count). The standard InChI is InChI=1S/C25H24F3N3OS/c1-16-30-21(22(33-16)17-5-3-2-4-6-17)23(32)31-15-24(10-11-24)14-20(31)8-7-19-13-18(9-12-29-19)25(26,27)28/h2-6,9,12-13,20H,7-8,10-11,14-15H2,1H3/t20-/m1/s1. The summed E-state index contributed by atoms with van der Waals surface area (Å²) in [7, 11) is 0. The van der Waals surface area contributed by atoms with Crippen molar-refractivity contribution in [2.75, 3.05) is 6.54 Å². The van der Waals surface area contributed by atoms with E-state index >= 15 is 0 Å². The molecule has 1 saturated heterocycles. The number of nitrogens with zero attached hydrogens (tertiary/aromatic N) is 3. The van der Waals surface area contributed by atoms with Gasteiger partial charge in [-0.2, -0.15) is 13.2 Å². The van der Waals surface area contributed by atoms with Crippen LogP contribution in [-0.4, -0.2) is 33.4 Å². The van der Waals surface area contributed by atoms with Crippen molar-refractivity contribution in [1.82, 2.24) is 14.9 Å². The summed E-state index contributed by atoms with van der Waals surface area (Å²) >= 11 is 1.51. The number of benzene rings is 1. The first-order chi connectivity index (χ1) is 15.7. The summed E-state index contributed by atoms with van der Waals surface area (Å²) in [5.74, 6) is -0.0796. The number of carbonyl (C=O) groups excluding carboxylic acids is 1. The molecule has 1 saturated carbocycles. The Morgan fingerprint density at radius 1 is 1.21 bits per heavy atom. The van der Waals surface area contributed by atoms with Crippen LogP contribution in [0, 0.1) is 12.3 Å². The van der Waals surface area contributed by atoms with Crippen molar-refractivity contribution < 1.29 is 18.0 Å². The quantitative estimate of drug-likeness (QED) is 0.448. The van der Waals surface area contributed by atoms with E-state index in [9.17, 15) is 18.0 Å². The van der Waals surface area contributed by atoms with Gasteiger partial charge in [-0.1, -0.05) is 30.3 Å². The maximum atomic E-state index is 13.7. The highest BCUT2D eigenvalue weighted by atomic mass is 32.1. The van der Waals surface area contributed by atoms with Crippen LogP contribution in [0.4, 0.5) is 13.2 Å². The van der Waals surface area contributed by atoms with Crippen LogP contribution >= 0.6 is 11.3 Å². The van der Waals surface area contributed by atoms with Crippen LogP contribution < -0.4 is 0 Å². The number of rotatable bonds is 5. The lowest BCUT2D eigenvalue weighted by atomic mass is 9.99. The van der Waals surface area contributed by atoms with Gasteiger partial charge in [0, 0.05) is 24.5 Å². The number of likely N-dealkylation sites (tertiary alicyclic amines) is 1. The zero-order valence-corrected chi connectivity index (χ0v) is 19.0. The second-order valence-corrected chi connectivity index (χ2v) is 10.3. The number of hydrogen-bond donors (Lipinski definition) is 0. The highest BCUT2D eigenvalue weighted by Gasteiger charge is 2.53. The molecule has 0 unspecified atom stereocenters. The molecule has 0 N–H and O–H groups in total. The Morgan fingerprint density at radius 3 is 2.67 bits per heavy atom. The smallest absolute Gasteiger partial charge is 0.334 e. The molecule has 8 heteroatoms. The normalized spacial score (nSPS) is 19.3. The summed E-state index contributed by atoms with van der Waals surface area (Å²) in [6.45, 7) is 2.59. The molecule has 4 nitrogen and oxygen atoms in total. The molecule has 0 bridgehead atoms. The van der Waals surface area contributed by atoms with Gasteiger partial charge in [-0.25, -0.2) is 4.98 Å². The summed E-state index contributed by atoms with van der Waals surface area (Å²) in [5.41, 5.74) is 1.33. The lowest BCUT2D eigenvalue weighted by Gasteiger charge is -2.24. The molecule has 1 atom stereocenters. The summed E-state index contributed by atoms with van der Waals surface area (Å²) in [6.07, 6.45) is 0.889. The van der Waals surface area contributed by atoms with Gasteiger partial charge < -0.3 is 4.90 Å². The van der Waals surface area contributed by atoms with Crippen LogP contribution in [0.2, 0.25) is 0 Å². The Morgan fingerprint density at radius 2 is 1.97 bits per heavy atom. The van der Waals surface area contributed by atoms with Gasteiger partial charge in [0.05, 0.1) is 15.4 Å². The molecule has 1 aliphatic carbocycles. The molecule has 0 radical (unpaired) electrons. The molecule has 2 aliphatic rings. The molecule has 1 aliphatic heterocycles. The number of halogens is 3. The second-order valence-electron chi connectivity index (χ2n) is 9.14. The van der Waals surface area contributed by atoms with Crippen LogP contribution in [0.5, 0.6) is 0 Å². The van der Waals surface area contributed by atoms with E-state index in [-0.39, 0.29) is 17.4 Å². The lowest BCUT2D eigenvalue weighted by molar-refractivity contribution is -0.137. The third kappa shape index (κ3) is 4.53. The van der Waals surface area contributed by atoms with Gasteiger partial charge in [0.2, 0.25) is 0 Å². The molecule has 172 valence electrons. The van der Waals surface area contributed by atoms with Crippen molar-refractivity contribution in [3.05, 3.63) is 70.6 Å². The maximum Gasteiger partial charge on any atom is 0.416 e. The zero-order chi connectivity index (χ0) is 23.2. The van der Waals surface area contributed by atoms with Gasteiger partial charge in [0.25, 0.3) is 5.91 Å². The largest absolute Gasteiger partial charge is 0.416 e. The highest BCUT2D eigenvalue weighted by molar-refractivity contribution is 7.15. The molecular weight excluding hydrogens is 447 g/mol. The zero-order valence-electron chi connectivity index (χ0n) is 18.2. The van der Waals surface area contributed by atoms with Crippen molar-refractivity contribution >= 4 is 17.2 Å². The number of aryl methyl sites for hydroxylation is 2. The first-order valence-corrected chi connectivity index (χ1v) is 11.9. The number of carbonyl (C=O) groups is 1. The van der Waals surface area contributed by atoms with Crippen molar-refractivity contribution in [2.45, 2.75) is 51.2 Å². The van der Waals surface area contributed by atoms with Gasteiger partial charge in [-0.3, -0.25) is 9.78 Å². The number of alkyl halides is 3. The third-order valence-electron chi connectivity index (χ3n) is 6.68. The van der Waals surface area contributed by atoms with E-state index in [1.54, 1.807) is 0 Å². The Balaban J connectivity index is 1.38. The van der Waals surface area contributed by atoms with Crippen LogP contribution in [0.25, 0.3) is 10.4 Å². The van der Waals surface area contributed by atoms with Crippen molar-refractivity contribution in [3.63, 3.8) is 0 Å². The molecule has 1 aromatic carbocycles. The fourth-order valence-corrected chi connectivity index (χ4v) is 5.71.